The van der Waals surface area contributed by atoms with Crippen molar-refractivity contribution in [3.63, 3.8) is 0 Å². The first kappa shape index (κ1) is 11.8. The minimum absolute atomic E-state index is 0.0516. The first-order valence-electron chi connectivity index (χ1n) is 4.64. The molecule has 0 bridgehead atoms. The lowest BCUT2D eigenvalue weighted by Gasteiger charge is -2.13. The minimum atomic E-state index is -1.44. The lowest BCUT2D eigenvalue weighted by Crippen LogP contribution is -2.10. The van der Waals surface area contributed by atoms with Crippen molar-refractivity contribution in [2.75, 3.05) is 6.54 Å². The SMILES string of the molecule is CCN=C1C=C(F)C(F)=C(F)C1=C(C)C. The Bertz CT molecular complexity index is 396. The zero-order valence-corrected chi connectivity index (χ0v) is 8.87. The molecule has 15 heavy (non-hydrogen) atoms. The van der Waals surface area contributed by atoms with Crippen LogP contribution in [0.15, 0.2) is 39.7 Å². The normalized spacial score (nSPS) is 19.7. The second-order valence-electron chi connectivity index (χ2n) is 3.35. The Morgan fingerprint density at radius 2 is 1.80 bits per heavy atom. The third kappa shape index (κ3) is 2.19. The lowest BCUT2D eigenvalue weighted by molar-refractivity contribution is 0.498. The van der Waals surface area contributed by atoms with Gasteiger partial charge in [0.15, 0.2) is 17.5 Å². The van der Waals surface area contributed by atoms with Gasteiger partial charge in [-0.05, 0) is 20.8 Å². The maximum absolute atomic E-state index is 13.4. The standard InChI is InChI=1S/C11H12F3N/c1-4-15-8-5-7(12)10(13)11(14)9(8)6(2)3/h5H,4H2,1-3H3. The quantitative estimate of drug-likeness (QED) is 0.630. The summed E-state index contributed by atoms with van der Waals surface area (Å²) in [5.74, 6) is -3.81. The topological polar surface area (TPSA) is 12.4 Å². The smallest absolute Gasteiger partial charge is 0.195 e. The van der Waals surface area contributed by atoms with E-state index in [9.17, 15) is 13.2 Å². The number of halogens is 3. The van der Waals surface area contributed by atoms with Crippen LogP contribution in [-0.2, 0) is 0 Å². The van der Waals surface area contributed by atoms with Gasteiger partial charge in [0.25, 0.3) is 0 Å². The maximum Gasteiger partial charge on any atom is 0.195 e. The van der Waals surface area contributed by atoms with E-state index in [0.29, 0.717) is 12.1 Å². The van der Waals surface area contributed by atoms with Crippen LogP contribution in [0, 0.1) is 0 Å². The van der Waals surface area contributed by atoms with Crippen molar-refractivity contribution in [2.24, 2.45) is 4.99 Å². The summed E-state index contributed by atoms with van der Waals surface area (Å²) in [6.07, 6.45) is 0.921. The van der Waals surface area contributed by atoms with Gasteiger partial charge in [-0.25, -0.2) is 13.2 Å². The monoisotopic (exact) mass is 215 g/mol. The highest BCUT2D eigenvalue weighted by Gasteiger charge is 2.25. The highest BCUT2D eigenvalue weighted by atomic mass is 19.2. The Kier molecular flexibility index (Phi) is 3.50. The van der Waals surface area contributed by atoms with Gasteiger partial charge in [-0.2, -0.15) is 0 Å². The number of hydrogen-bond donors (Lipinski definition) is 0. The Hall–Kier alpha value is -1.32. The fourth-order valence-electron chi connectivity index (χ4n) is 1.35. The summed E-state index contributed by atoms with van der Waals surface area (Å²) in [7, 11) is 0. The molecule has 1 nitrogen and oxygen atoms in total. The Labute approximate surface area is 86.7 Å². The second-order valence-corrected chi connectivity index (χ2v) is 3.35. The van der Waals surface area contributed by atoms with Gasteiger partial charge in [0.05, 0.1) is 5.71 Å². The Balaban J connectivity index is 3.38. The van der Waals surface area contributed by atoms with Gasteiger partial charge < -0.3 is 0 Å². The number of aliphatic imine (C=N–C) groups is 1. The van der Waals surface area contributed by atoms with Crippen LogP contribution in [-0.4, -0.2) is 12.3 Å². The summed E-state index contributed by atoms with van der Waals surface area (Å²) in [5.41, 5.74) is 0.781. The van der Waals surface area contributed by atoms with Crippen LogP contribution in [0.4, 0.5) is 13.2 Å². The van der Waals surface area contributed by atoms with Crippen LogP contribution < -0.4 is 0 Å². The number of hydrogen-bond acceptors (Lipinski definition) is 1. The van der Waals surface area contributed by atoms with Gasteiger partial charge in [0, 0.05) is 18.2 Å². The first-order valence-corrected chi connectivity index (χ1v) is 4.64. The van der Waals surface area contributed by atoms with Crippen molar-refractivity contribution in [1.29, 1.82) is 0 Å². The summed E-state index contributed by atoms with van der Waals surface area (Å²) < 4.78 is 39.3. The fraction of sp³-hybridized carbons (Fsp3) is 0.364. The maximum atomic E-state index is 13.4. The molecule has 0 amide bonds. The third-order valence-corrected chi connectivity index (χ3v) is 1.97. The molecule has 4 heteroatoms. The molecule has 0 fully saturated rings. The minimum Gasteiger partial charge on any atom is -0.285 e. The summed E-state index contributed by atoms with van der Waals surface area (Å²) in [4.78, 5) is 3.92. The van der Waals surface area contributed by atoms with Gasteiger partial charge in [-0.1, -0.05) is 5.57 Å². The van der Waals surface area contributed by atoms with Crippen molar-refractivity contribution in [1.82, 2.24) is 0 Å². The molecular weight excluding hydrogens is 203 g/mol. The Morgan fingerprint density at radius 1 is 1.20 bits per heavy atom. The Morgan fingerprint density at radius 3 is 2.27 bits per heavy atom. The largest absolute Gasteiger partial charge is 0.285 e. The van der Waals surface area contributed by atoms with Crippen LogP contribution in [0.5, 0.6) is 0 Å². The second kappa shape index (κ2) is 4.47. The molecule has 0 spiro atoms. The van der Waals surface area contributed by atoms with Crippen molar-refractivity contribution in [3.8, 4) is 0 Å². The van der Waals surface area contributed by atoms with E-state index in [4.69, 9.17) is 0 Å². The molecule has 0 aliphatic heterocycles. The lowest BCUT2D eigenvalue weighted by atomic mass is 9.98. The molecule has 1 aliphatic rings. The predicted octanol–water partition coefficient (Wildman–Crippen LogP) is 3.80. The molecule has 0 saturated heterocycles. The average Bonchev–Trinajstić information content (AvgIpc) is 2.14. The van der Waals surface area contributed by atoms with Gasteiger partial charge in [0.2, 0.25) is 0 Å². The fourth-order valence-corrected chi connectivity index (χ4v) is 1.35. The number of nitrogens with zero attached hydrogens (tertiary/aromatic N) is 1. The molecule has 0 aromatic rings. The molecule has 0 aromatic carbocycles. The highest BCUT2D eigenvalue weighted by Crippen LogP contribution is 2.32. The van der Waals surface area contributed by atoms with Crippen molar-refractivity contribution in [2.45, 2.75) is 20.8 Å². The predicted molar refractivity (Wildman–Crippen MR) is 54.8 cm³/mol. The molecule has 1 rings (SSSR count). The van der Waals surface area contributed by atoms with Crippen LogP contribution in [0.3, 0.4) is 0 Å². The zero-order chi connectivity index (χ0) is 11.6. The van der Waals surface area contributed by atoms with E-state index >= 15 is 0 Å². The van der Waals surface area contributed by atoms with Crippen LogP contribution >= 0.6 is 0 Å². The van der Waals surface area contributed by atoms with Gasteiger partial charge in [-0.15, -0.1) is 0 Å². The molecular formula is C11H12F3N. The summed E-state index contributed by atoms with van der Waals surface area (Å²) in [6.45, 7) is 5.40. The zero-order valence-electron chi connectivity index (χ0n) is 8.87. The first-order chi connectivity index (χ1) is 6.99. The van der Waals surface area contributed by atoms with E-state index < -0.39 is 17.5 Å². The third-order valence-electron chi connectivity index (χ3n) is 1.97. The molecule has 1 aliphatic carbocycles. The van der Waals surface area contributed by atoms with E-state index in [-0.39, 0.29) is 11.3 Å². The molecule has 0 atom stereocenters. The van der Waals surface area contributed by atoms with Crippen molar-refractivity contribution >= 4 is 5.71 Å². The van der Waals surface area contributed by atoms with Gasteiger partial charge >= 0.3 is 0 Å². The average molecular weight is 215 g/mol. The van der Waals surface area contributed by atoms with Gasteiger partial charge in [0.1, 0.15) is 0 Å². The van der Waals surface area contributed by atoms with E-state index in [2.05, 4.69) is 4.99 Å². The van der Waals surface area contributed by atoms with Crippen molar-refractivity contribution < 1.29 is 13.2 Å². The number of allylic oxidation sites excluding steroid dienone is 6. The van der Waals surface area contributed by atoms with E-state index in [1.165, 1.54) is 0 Å². The van der Waals surface area contributed by atoms with Crippen LogP contribution in [0.2, 0.25) is 0 Å². The van der Waals surface area contributed by atoms with Gasteiger partial charge in [-0.3, -0.25) is 4.99 Å². The molecule has 0 unspecified atom stereocenters. The molecule has 0 radical (unpaired) electrons. The van der Waals surface area contributed by atoms with E-state index in [1.54, 1.807) is 20.8 Å². The van der Waals surface area contributed by atoms with Crippen LogP contribution in [0.1, 0.15) is 20.8 Å². The molecule has 0 aromatic heterocycles. The molecule has 82 valence electrons. The van der Waals surface area contributed by atoms with E-state index in [1.807, 2.05) is 0 Å². The van der Waals surface area contributed by atoms with E-state index in [0.717, 1.165) is 6.08 Å². The molecule has 0 heterocycles. The van der Waals surface area contributed by atoms with Crippen molar-refractivity contribution in [3.05, 3.63) is 34.7 Å². The number of rotatable bonds is 1. The molecule has 0 saturated carbocycles. The highest BCUT2D eigenvalue weighted by molar-refractivity contribution is 6.13. The summed E-state index contributed by atoms with van der Waals surface area (Å²) in [5, 5.41) is 0. The van der Waals surface area contributed by atoms with Crippen LogP contribution in [0.25, 0.3) is 0 Å². The molecule has 0 N–H and O–H groups in total. The summed E-state index contributed by atoms with van der Waals surface area (Å²) in [6, 6.07) is 0. The summed E-state index contributed by atoms with van der Waals surface area (Å²) >= 11 is 0.